The van der Waals surface area contributed by atoms with Crippen molar-refractivity contribution in [1.82, 2.24) is 10.2 Å². The van der Waals surface area contributed by atoms with Gasteiger partial charge in [-0.15, -0.1) is 0 Å². The summed E-state index contributed by atoms with van der Waals surface area (Å²) in [6.07, 6.45) is 2.34. The van der Waals surface area contributed by atoms with Crippen LogP contribution in [-0.4, -0.2) is 30.4 Å². The van der Waals surface area contributed by atoms with Gasteiger partial charge in [0.05, 0.1) is 6.04 Å². The number of furan rings is 1. The van der Waals surface area contributed by atoms with Gasteiger partial charge in [0.15, 0.2) is 0 Å². The lowest BCUT2D eigenvalue weighted by molar-refractivity contribution is 0.0933. The quantitative estimate of drug-likeness (QED) is 0.920. The largest absolute Gasteiger partial charge is 0.465 e. The van der Waals surface area contributed by atoms with Crippen molar-refractivity contribution in [2.45, 2.75) is 25.8 Å². The number of carbonyl (C=O) groups is 1. The molecule has 1 aliphatic heterocycles. The normalized spacial score (nSPS) is 16.4. The fraction of sp³-hybridized carbons (Fsp3) is 0.389. The molecular weight excluding hydrogens is 295 g/mol. The summed E-state index contributed by atoms with van der Waals surface area (Å²) in [7, 11) is 0. The van der Waals surface area contributed by atoms with Gasteiger partial charge >= 0.3 is 0 Å². The van der Waals surface area contributed by atoms with E-state index in [2.05, 4.69) is 10.2 Å². The van der Waals surface area contributed by atoms with E-state index in [0.29, 0.717) is 12.1 Å². The molecule has 1 saturated heterocycles. The number of likely N-dealkylation sites (tertiary alicyclic amines) is 1. The van der Waals surface area contributed by atoms with Crippen LogP contribution in [0.3, 0.4) is 0 Å². The van der Waals surface area contributed by atoms with Gasteiger partial charge in [-0.25, -0.2) is 4.39 Å². The number of hydrogen-bond donors (Lipinski definition) is 1. The van der Waals surface area contributed by atoms with Crippen molar-refractivity contribution < 1.29 is 13.6 Å². The monoisotopic (exact) mass is 316 g/mol. The minimum absolute atomic E-state index is 0.0376. The molecule has 5 heteroatoms. The zero-order valence-corrected chi connectivity index (χ0v) is 13.2. The van der Waals surface area contributed by atoms with Crippen molar-refractivity contribution in [3.05, 3.63) is 59.3 Å². The van der Waals surface area contributed by atoms with Crippen LogP contribution in [-0.2, 0) is 0 Å². The van der Waals surface area contributed by atoms with Crippen LogP contribution in [0.25, 0.3) is 0 Å². The highest BCUT2D eigenvalue weighted by atomic mass is 19.1. The summed E-state index contributed by atoms with van der Waals surface area (Å²) in [4.78, 5) is 14.6. The van der Waals surface area contributed by atoms with E-state index in [1.54, 1.807) is 0 Å². The third kappa shape index (κ3) is 3.79. The van der Waals surface area contributed by atoms with Gasteiger partial charge in [-0.2, -0.15) is 0 Å². The lowest BCUT2D eigenvalue weighted by Gasteiger charge is -2.26. The summed E-state index contributed by atoms with van der Waals surface area (Å²) in [5.74, 6) is 1.21. The molecule has 1 aromatic carbocycles. The molecule has 1 aliphatic rings. The number of nitrogens with zero attached hydrogens (tertiary/aromatic N) is 1. The zero-order valence-electron chi connectivity index (χ0n) is 13.2. The van der Waals surface area contributed by atoms with E-state index in [-0.39, 0.29) is 17.8 Å². The molecule has 0 aliphatic carbocycles. The van der Waals surface area contributed by atoms with Crippen molar-refractivity contribution in [2.24, 2.45) is 0 Å². The van der Waals surface area contributed by atoms with Gasteiger partial charge in [-0.05, 0) is 69.3 Å². The van der Waals surface area contributed by atoms with Gasteiger partial charge in [0.1, 0.15) is 17.3 Å². The van der Waals surface area contributed by atoms with Gasteiger partial charge in [-0.3, -0.25) is 9.69 Å². The molecule has 4 nitrogen and oxygen atoms in total. The smallest absolute Gasteiger partial charge is 0.251 e. The summed E-state index contributed by atoms with van der Waals surface area (Å²) >= 11 is 0. The summed E-state index contributed by atoms with van der Waals surface area (Å²) in [6, 6.07) is 9.53. The van der Waals surface area contributed by atoms with Crippen LogP contribution in [0.5, 0.6) is 0 Å². The van der Waals surface area contributed by atoms with E-state index in [1.165, 1.54) is 37.1 Å². The molecule has 2 aromatic rings. The van der Waals surface area contributed by atoms with Gasteiger partial charge in [0, 0.05) is 12.1 Å². The molecule has 1 N–H and O–H groups in total. The van der Waals surface area contributed by atoms with Crippen LogP contribution in [0.1, 0.15) is 40.8 Å². The molecule has 0 bridgehead atoms. The second-order valence-corrected chi connectivity index (χ2v) is 5.92. The first-order chi connectivity index (χ1) is 11.1. The van der Waals surface area contributed by atoms with Gasteiger partial charge in [-0.1, -0.05) is 0 Å². The van der Waals surface area contributed by atoms with Crippen molar-refractivity contribution in [3.8, 4) is 0 Å². The van der Waals surface area contributed by atoms with Crippen molar-refractivity contribution in [2.75, 3.05) is 19.6 Å². The number of aryl methyl sites for hydroxylation is 1. The lowest BCUT2D eigenvalue weighted by atomic mass is 10.1. The molecular formula is C18H21FN2O2. The number of hydrogen-bond acceptors (Lipinski definition) is 3. The Balaban J connectivity index is 1.68. The highest BCUT2D eigenvalue weighted by Gasteiger charge is 2.26. The number of rotatable bonds is 5. The highest BCUT2D eigenvalue weighted by molar-refractivity contribution is 5.94. The molecule has 3 rings (SSSR count). The molecule has 0 radical (unpaired) electrons. The van der Waals surface area contributed by atoms with E-state index >= 15 is 0 Å². The SMILES string of the molecule is Cc1ccc([C@H](CNC(=O)c2ccc(F)cc2)N2CCCC2)o1. The first-order valence-electron chi connectivity index (χ1n) is 7.97. The lowest BCUT2D eigenvalue weighted by Crippen LogP contribution is -2.36. The molecule has 122 valence electrons. The molecule has 0 spiro atoms. The van der Waals surface area contributed by atoms with Crippen molar-refractivity contribution in [3.63, 3.8) is 0 Å². The Labute approximate surface area is 135 Å². The Hall–Kier alpha value is -2.14. The zero-order chi connectivity index (χ0) is 16.2. The number of halogens is 1. The van der Waals surface area contributed by atoms with Gasteiger partial charge < -0.3 is 9.73 Å². The van der Waals surface area contributed by atoms with Crippen LogP contribution in [0.4, 0.5) is 4.39 Å². The molecule has 0 saturated carbocycles. The average Bonchev–Trinajstić information content (AvgIpc) is 3.20. The highest BCUT2D eigenvalue weighted by Crippen LogP contribution is 2.26. The Bertz CT molecular complexity index is 660. The van der Waals surface area contributed by atoms with Crippen molar-refractivity contribution in [1.29, 1.82) is 0 Å². The second kappa shape index (κ2) is 6.96. The summed E-state index contributed by atoms with van der Waals surface area (Å²) in [6.45, 7) is 4.42. The molecule has 1 aromatic heterocycles. The minimum Gasteiger partial charge on any atom is -0.465 e. The molecule has 1 atom stereocenters. The Kier molecular flexibility index (Phi) is 4.76. The molecule has 1 amide bonds. The summed E-state index contributed by atoms with van der Waals surface area (Å²) in [5.41, 5.74) is 0.460. The van der Waals surface area contributed by atoms with Crippen molar-refractivity contribution >= 4 is 5.91 Å². The Morgan fingerprint density at radius 1 is 1.22 bits per heavy atom. The number of nitrogens with one attached hydrogen (secondary N) is 1. The predicted octanol–water partition coefficient (Wildman–Crippen LogP) is 3.29. The van der Waals surface area contributed by atoms with Crippen LogP contribution in [0.15, 0.2) is 40.8 Å². The van der Waals surface area contributed by atoms with E-state index in [9.17, 15) is 9.18 Å². The summed E-state index contributed by atoms with van der Waals surface area (Å²) < 4.78 is 18.7. The van der Waals surface area contributed by atoms with E-state index < -0.39 is 0 Å². The predicted molar refractivity (Wildman–Crippen MR) is 85.7 cm³/mol. The maximum absolute atomic E-state index is 12.9. The number of carbonyl (C=O) groups excluding carboxylic acids is 1. The molecule has 0 unspecified atom stereocenters. The topological polar surface area (TPSA) is 45.5 Å². The number of amides is 1. The Morgan fingerprint density at radius 3 is 2.52 bits per heavy atom. The second-order valence-electron chi connectivity index (χ2n) is 5.92. The fourth-order valence-corrected chi connectivity index (χ4v) is 2.99. The van der Waals surface area contributed by atoms with E-state index in [0.717, 1.165) is 24.6 Å². The van der Waals surface area contributed by atoms with Crippen LogP contribution in [0.2, 0.25) is 0 Å². The Morgan fingerprint density at radius 2 is 1.91 bits per heavy atom. The molecule has 23 heavy (non-hydrogen) atoms. The minimum atomic E-state index is -0.345. The molecule has 2 heterocycles. The van der Waals surface area contributed by atoms with E-state index in [1.807, 2.05) is 19.1 Å². The maximum atomic E-state index is 12.9. The third-order valence-corrected chi connectivity index (χ3v) is 4.23. The first kappa shape index (κ1) is 15.7. The fourth-order valence-electron chi connectivity index (χ4n) is 2.99. The maximum Gasteiger partial charge on any atom is 0.251 e. The van der Waals surface area contributed by atoms with E-state index in [4.69, 9.17) is 4.42 Å². The third-order valence-electron chi connectivity index (χ3n) is 4.23. The average molecular weight is 316 g/mol. The van der Waals surface area contributed by atoms with Crippen LogP contribution < -0.4 is 5.32 Å². The van der Waals surface area contributed by atoms with Gasteiger partial charge in [0.25, 0.3) is 5.91 Å². The van der Waals surface area contributed by atoms with Crippen LogP contribution >= 0.6 is 0 Å². The number of benzene rings is 1. The van der Waals surface area contributed by atoms with Crippen LogP contribution in [0, 0.1) is 12.7 Å². The van der Waals surface area contributed by atoms with Gasteiger partial charge in [0.2, 0.25) is 0 Å². The summed E-state index contributed by atoms with van der Waals surface area (Å²) in [5, 5.41) is 2.94. The molecule has 1 fully saturated rings. The first-order valence-corrected chi connectivity index (χ1v) is 7.97. The standard InChI is InChI=1S/C18H21FN2O2/c1-13-4-9-17(23-13)16(21-10-2-3-11-21)12-20-18(22)14-5-7-15(19)8-6-14/h4-9,16H,2-3,10-12H2,1H3,(H,20,22)/t16-/m0/s1.